The second-order valence-corrected chi connectivity index (χ2v) is 4.34. The molecule has 0 radical (unpaired) electrons. The number of hydrogen-bond donors (Lipinski definition) is 1. The van der Waals surface area contributed by atoms with E-state index in [0.29, 0.717) is 12.0 Å². The molecule has 0 bridgehead atoms. The average molecular weight is 200 g/mol. The third-order valence-electron chi connectivity index (χ3n) is 2.65. The van der Waals surface area contributed by atoms with E-state index in [2.05, 4.69) is 27.6 Å². The van der Waals surface area contributed by atoms with Gasteiger partial charge in [-0.1, -0.05) is 6.58 Å². The molecule has 3 nitrogen and oxygen atoms in total. The molecular formula is C11H22NO2+. The first-order valence-corrected chi connectivity index (χ1v) is 5.12. The molecule has 0 aliphatic rings. The van der Waals surface area contributed by atoms with Crippen LogP contribution in [0.2, 0.25) is 0 Å². The van der Waals surface area contributed by atoms with Crippen molar-refractivity contribution in [2.45, 2.75) is 26.2 Å². The van der Waals surface area contributed by atoms with Crippen molar-refractivity contribution >= 4 is 5.97 Å². The van der Waals surface area contributed by atoms with Crippen LogP contribution in [-0.2, 0) is 4.79 Å². The molecule has 0 saturated heterocycles. The van der Waals surface area contributed by atoms with Gasteiger partial charge in [0.05, 0.1) is 27.2 Å². The lowest BCUT2D eigenvalue weighted by molar-refractivity contribution is -0.888. The molecule has 0 saturated carbocycles. The van der Waals surface area contributed by atoms with Crippen molar-refractivity contribution < 1.29 is 14.4 Å². The molecule has 0 unspecified atom stereocenters. The predicted molar refractivity (Wildman–Crippen MR) is 58.1 cm³/mol. The van der Waals surface area contributed by atoms with Crippen LogP contribution in [0.15, 0.2) is 12.2 Å². The van der Waals surface area contributed by atoms with E-state index in [0.717, 1.165) is 30.4 Å². The van der Waals surface area contributed by atoms with E-state index in [4.69, 9.17) is 5.11 Å². The lowest BCUT2D eigenvalue weighted by atomic mass is 10.1. The highest BCUT2D eigenvalue weighted by atomic mass is 16.4. The molecule has 0 aromatic rings. The van der Waals surface area contributed by atoms with Gasteiger partial charge in [-0.05, 0) is 26.2 Å². The maximum Gasteiger partial charge on any atom is 0.330 e. The predicted octanol–water partition coefficient (Wildman–Crippen LogP) is 1.89. The molecule has 0 aliphatic heterocycles. The fourth-order valence-electron chi connectivity index (χ4n) is 1.14. The summed E-state index contributed by atoms with van der Waals surface area (Å²) in [6, 6.07) is 0. The van der Waals surface area contributed by atoms with Crippen molar-refractivity contribution in [3.05, 3.63) is 12.2 Å². The Kier molecular flexibility index (Phi) is 5.46. The molecule has 82 valence electrons. The van der Waals surface area contributed by atoms with Gasteiger partial charge >= 0.3 is 5.97 Å². The largest absolute Gasteiger partial charge is 0.478 e. The summed E-state index contributed by atoms with van der Waals surface area (Å²) in [4.78, 5) is 10.4. The SMILES string of the molecule is C=C(CCCC[N+](C)(C)CC)C(=O)O. The summed E-state index contributed by atoms with van der Waals surface area (Å²) in [7, 11) is 4.37. The number of unbranched alkanes of at least 4 members (excludes halogenated alkanes) is 1. The van der Waals surface area contributed by atoms with Gasteiger partial charge in [-0.25, -0.2) is 4.79 Å². The molecule has 3 heteroatoms. The van der Waals surface area contributed by atoms with Crippen molar-refractivity contribution in [1.82, 2.24) is 0 Å². The zero-order valence-electron chi connectivity index (χ0n) is 9.55. The number of rotatable bonds is 7. The van der Waals surface area contributed by atoms with Crippen LogP contribution in [-0.4, -0.2) is 42.7 Å². The van der Waals surface area contributed by atoms with E-state index >= 15 is 0 Å². The Bertz CT molecular complexity index is 209. The van der Waals surface area contributed by atoms with Gasteiger partial charge in [-0.2, -0.15) is 0 Å². The molecule has 14 heavy (non-hydrogen) atoms. The smallest absolute Gasteiger partial charge is 0.330 e. The maximum atomic E-state index is 10.4. The lowest BCUT2D eigenvalue weighted by Crippen LogP contribution is -2.39. The van der Waals surface area contributed by atoms with Gasteiger partial charge in [0.1, 0.15) is 0 Å². The Morgan fingerprint density at radius 1 is 1.36 bits per heavy atom. The van der Waals surface area contributed by atoms with E-state index in [1.54, 1.807) is 0 Å². The zero-order chi connectivity index (χ0) is 11.2. The van der Waals surface area contributed by atoms with Crippen LogP contribution in [0.4, 0.5) is 0 Å². The minimum atomic E-state index is -0.866. The third kappa shape index (κ3) is 5.75. The van der Waals surface area contributed by atoms with E-state index in [1.807, 2.05) is 0 Å². The second-order valence-electron chi connectivity index (χ2n) is 4.34. The molecule has 0 heterocycles. The van der Waals surface area contributed by atoms with Gasteiger partial charge in [0.2, 0.25) is 0 Å². The fraction of sp³-hybridized carbons (Fsp3) is 0.727. The van der Waals surface area contributed by atoms with Crippen LogP contribution in [0.25, 0.3) is 0 Å². The molecule has 1 N–H and O–H groups in total. The van der Waals surface area contributed by atoms with Crippen LogP contribution in [0.5, 0.6) is 0 Å². The van der Waals surface area contributed by atoms with Crippen LogP contribution in [0.3, 0.4) is 0 Å². The van der Waals surface area contributed by atoms with Crippen LogP contribution < -0.4 is 0 Å². The molecule has 0 aromatic heterocycles. The molecule has 0 aliphatic carbocycles. The Labute approximate surface area is 86.6 Å². The minimum Gasteiger partial charge on any atom is -0.478 e. The highest BCUT2D eigenvalue weighted by molar-refractivity contribution is 5.85. The monoisotopic (exact) mass is 200 g/mol. The third-order valence-corrected chi connectivity index (χ3v) is 2.65. The standard InChI is InChI=1S/C11H21NO2/c1-5-12(3,4)9-7-6-8-10(2)11(13)14/h2,5-9H2,1,3-4H3/p+1. The first-order valence-electron chi connectivity index (χ1n) is 5.12. The molecule has 0 atom stereocenters. The van der Waals surface area contributed by atoms with Crippen LogP contribution in [0.1, 0.15) is 26.2 Å². The number of quaternary nitrogens is 1. The lowest BCUT2D eigenvalue weighted by Gasteiger charge is -2.28. The van der Waals surface area contributed by atoms with Gasteiger partial charge < -0.3 is 9.59 Å². The molecule has 0 amide bonds. The van der Waals surface area contributed by atoms with Gasteiger partial charge in [-0.3, -0.25) is 0 Å². The fourth-order valence-corrected chi connectivity index (χ4v) is 1.14. The first-order chi connectivity index (χ1) is 6.39. The number of carbonyl (C=O) groups is 1. The van der Waals surface area contributed by atoms with Crippen molar-refractivity contribution in [3.63, 3.8) is 0 Å². The molecular weight excluding hydrogens is 178 g/mol. The Morgan fingerprint density at radius 3 is 2.36 bits per heavy atom. The molecule has 0 spiro atoms. The molecule has 0 fully saturated rings. The second kappa shape index (κ2) is 5.81. The highest BCUT2D eigenvalue weighted by Gasteiger charge is 2.11. The van der Waals surface area contributed by atoms with Gasteiger partial charge in [0, 0.05) is 5.57 Å². The maximum absolute atomic E-state index is 10.4. The van der Waals surface area contributed by atoms with Crippen LogP contribution in [0, 0.1) is 0 Å². The van der Waals surface area contributed by atoms with E-state index in [1.165, 1.54) is 0 Å². The average Bonchev–Trinajstić information content (AvgIpc) is 2.12. The highest BCUT2D eigenvalue weighted by Crippen LogP contribution is 2.08. The van der Waals surface area contributed by atoms with Crippen molar-refractivity contribution in [2.24, 2.45) is 0 Å². The molecule has 0 rings (SSSR count). The van der Waals surface area contributed by atoms with Gasteiger partial charge in [0.25, 0.3) is 0 Å². The van der Waals surface area contributed by atoms with Crippen molar-refractivity contribution in [2.75, 3.05) is 27.2 Å². The van der Waals surface area contributed by atoms with E-state index < -0.39 is 5.97 Å². The Hall–Kier alpha value is -0.830. The number of hydrogen-bond acceptors (Lipinski definition) is 1. The van der Waals surface area contributed by atoms with Crippen molar-refractivity contribution in [1.29, 1.82) is 0 Å². The summed E-state index contributed by atoms with van der Waals surface area (Å²) in [5.74, 6) is -0.866. The quantitative estimate of drug-likeness (QED) is 0.387. The summed E-state index contributed by atoms with van der Waals surface area (Å²) < 4.78 is 1.000. The number of carboxylic acids is 1. The van der Waals surface area contributed by atoms with E-state index in [9.17, 15) is 4.79 Å². The number of carboxylic acid groups (broad SMARTS) is 1. The zero-order valence-corrected chi connectivity index (χ0v) is 9.55. The normalized spacial score (nSPS) is 11.4. The van der Waals surface area contributed by atoms with Crippen LogP contribution >= 0.6 is 0 Å². The number of nitrogens with zero attached hydrogens (tertiary/aromatic N) is 1. The Morgan fingerprint density at radius 2 is 1.93 bits per heavy atom. The van der Waals surface area contributed by atoms with E-state index in [-0.39, 0.29) is 0 Å². The van der Waals surface area contributed by atoms with Gasteiger partial charge in [-0.15, -0.1) is 0 Å². The summed E-state index contributed by atoms with van der Waals surface area (Å²) in [6.07, 6.45) is 2.60. The Balaban J connectivity index is 3.57. The summed E-state index contributed by atoms with van der Waals surface area (Å²) in [6.45, 7) is 7.88. The number of aliphatic carboxylic acids is 1. The summed E-state index contributed by atoms with van der Waals surface area (Å²) >= 11 is 0. The topological polar surface area (TPSA) is 37.3 Å². The first kappa shape index (κ1) is 13.2. The summed E-state index contributed by atoms with van der Waals surface area (Å²) in [5.41, 5.74) is 0.326. The molecule has 0 aromatic carbocycles. The minimum absolute atomic E-state index is 0.326. The van der Waals surface area contributed by atoms with Crippen molar-refractivity contribution in [3.8, 4) is 0 Å². The van der Waals surface area contributed by atoms with Gasteiger partial charge in [0.15, 0.2) is 0 Å². The summed E-state index contributed by atoms with van der Waals surface area (Å²) in [5, 5.41) is 8.58.